The van der Waals surface area contributed by atoms with E-state index >= 15 is 0 Å². The van der Waals surface area contributed by atoms with Gasteiger partial charge in [-0.1, -0.05) is 20.8 Å². The molecular formula is C17H30N4O. The van der Waals surface area contributed by atoms with E-state index in [-0.39, 0.29) is 0 Å². The monoisotopic (exact) mass is 306 g/mol. The van der Waals surface area contributed by atoms with Crippen molar-refractivity contribution < 1.29 is 4.42 Å². The zero-order valence-corrected chi connectivity index (χ0v) is 14.3. The van der Waals surface area contributed by atoms with Crippen LogP contribution in [0.2, 0.25) is 0 Å². The van der Waals surface area contributed by atoms with Crippen LogP contribution in [0.25, 0.3) is 0 Å². The molecule has 22 heavy (non-hydrogen) atoms. The Kier molecular flexibility index (Phi) is 5.14. The first-order chi connectivity index (χ1) is 10.7. The van der Waals surface area contributed by atoms with Crippen LogP contribution in [0.5, 0.6) is 0 Å². The fourth-order valence-corrected chi connectivity index (χ4v) is 3.46. The van der Waals surface area contributed by atoms with E-state index in [1.54, 1.807) is 0 Å². The lowest BCUT2D eigenvalue weighted by atomic mass is 10.0. The summed E-state index contributed by atoms with van der Waals surface area (Å²) in [5, 5.41) is 8.27. The molecular weight excluding hydrogens is 276 g/mol. The highest BCUT2D eigenvalue weighted by atomic mass is 16.4. The minimum atomic E-state index is 0.650. The fourth-order valence-electron chi connectivity index (χ4n) is 3.46. The second-order valence-electron chi connectivity index (χ2n) is 7.28. The van der Waals surface area contributed by atoms with Crippen molar-refractivity contribution in [2.24, 2.45) is 11.8 Å². The van der Waals surface area contributed by atoms with Crippen LogP contribution in [0.3, 0.4) is 0 Å². The van der Waals surface area contributed by atoms with Crippen LogP contribution in [0.1, 0.15) is 51.8 Å². The molecule has 1 aromatic rings. The molecule has 3 rings (SSSR count). The van der Waals surface area contributed by atoms with Gasteiger partial charge in [-0.25, -0.2) is 0 Å². The maximum Gasteiger partial charge on any atom is 0.230 e. The molecule has 1 aliphatic carbocycles. The summed E-state index contributed by atoms with van der Waals surface area (Å²) >= 11 is 0. The van der Waals surface area contributed by atoms with Crippen LogP contribution in [-0.2, 0) is 13.0 Å². The van der Waals surface area contributed by atoms with E-state index in [0.717, 1.165) is 43.8 Å². The fraction of sp³-hybridized carbons (Fsp3) is 0.882. The van der Waals surface area contributed by atoms with Crippen molar-refractivity contribution >= 4 is 0 Å². The standard InChI is InChI=1S/C17H30N4O/c1-4-16-18-19-17(22-16)12-20-8-5-9-21(10-14-6-7-14)15(11-20)13(2)3/h13-15H,4-12H2,1-3H3/t15-/m1/s1. The Labute approximate surface area is 134 Å². The van der Waals surface area contributed by atoms with Crippen molar-refractivity contribution in [3.05, 3.63) is 11.8 Å². The van der Waals surface area contributed by atoms with Crippen LogP contribution in [0, 0.1) is 11.8 Å². The van der Waals surface area contributed by atoms with E-state index in [9.17, 15) is 0 Å². The van der Waals surface area contributed by atoms with Crippen molar-refractivity contribution in [1.82, 2.24) is 20.0 Å². The van der Waals surface area contributed by atoms with Gasteiger partial charge in [0.2, 0.25) is 11.8 Å². The van der Waals surface area contributed by atoms with E-state index in [1.807, 2.05) is 6.92 Å². The number of aromatic nitrogens is 2. The summed E-state index contributed by atoms with van der Waals surface area (Å²) < 4.78 is 5.70. The predicted molar refractivity (Wildman–Crippen MR) is 86.5 cm³/mol. The molecule has 0 unspecified atom stereocenters. The second kappa shape index (κ2) is 7.09. The molecule has 0 N–H and O–H groups in total. The third-order valence-electron chi connectivity index (χ3n) is 4.96. The molecule has 124 valence electrons. The number of nitrogens with zero attached hydrogens (tertiary/aromatic N) is 4. The van der Waals surface area contributed by atoms with E-state index in [4.69, 9.17) is 4.42 Å². The van der Waals surface area contributed by atoms with E-state index < -0.39 is 0 Å². The molecule has 0 amide bonds. The summed E-state index contributed by atoms with van der Waals surface area (Å²) in [6.45, 7) is 12.4. The second-order valence-corrected chi connectivity index (χ2v) is 7.28. The first kappa shape index (κ1) is 15.9. The SMILES string of the molecule is CCc1nnc(CN2CCCN(CC3CC3)[C@@H](C(C)C)C2)o1. The molecule has 0 radical (unpaired) electrons. The van der Waals surface area contributed by atoms with Crippen molar-refractivity contribution in [1.29, 1.82) is 0 Å². The molecule has 0 aromatic carbocycles. The highest BCUT2D eigenvalue weighted by Gasteiger charge is 2.32. The number of hydrogen-bond donors (Lipinski definition) is 0. The van der Waals surface area contributed by atoms with Gasteiger partial charge in [0.15, 0.2) is 0 Å². The molecule has 0 bridgehead atoms. The van der Waals surface area contributed by atoms with Gasteiger partial charge in [0.25, 0.3) is 0 Å². The minimum Gasteiger partial charge on any atom is -0.424 e. The molecule has 1 saturated carbocycles. The summed E-state index contributed by atoms with van der Waals surface area (Å²) in [5.41, 5.74) is 0. The summed E-state index contributed by atoms with van der Waals surface area (Å²) in [6.07, 6.45) is 4.93. The average Bonchev–Trinajstić information content (AvgIpc) is 3.23. The van der Waals surface area contributed by atoms with Gasteiger partial charge in [-0.05, 0) is 44.2 Å². The quantitative estimate of drug-likeness (QED) is 0.808. The molecule has 5 nitrogen and oxygen atoms in total. The molecule has 5 heteroatoms. The number of hydrogen-bond acceptors (Lipinski definition) is 5. The summed E-state index contributed by atoms with van der Waals surface area (Å²) in [5.74, 6) is 3.18. The van der Waals surface area contributed by atoms with Gasteiger partial charge in [-0.3, -0.25) is 9.80 Å². The average molecular weight is 306 g/mol. The molecule has 0 spiro atoms. The Morgan fingerprint density at radius 3 is 2.59 bits per heavy atom. The zero-order valence-electron chi connectivity index (χ0n) is 14.3. The van der Waals surface area contributed by atoms with Crippen LogP contribution in [0.4, 0.5) is 0 Å². The summed E-state index contributed by atoms with van der Waals surface area (Å²) in [4.78, 5) is 5.25. The Bertz CT molecular complexity index is 469. The number of rotatable bonds is 6. The largest absolute Gasteiger partial charge is 0.424 e. The maximum absolute atomic E-state index is 5.70. The highest BCUT2D eigenvalue weighted by molar-refractivity contribution is 4.88. The topological polar surface area (TPSA) is 45.4 Å². The number of aryl methyl sites for hydroxylation is 1. The normalized spacial score (nSPS) is 24.8. The lowest BCUT2D eigenvalue weighted by molar-refractivity contribution is 0.128. The van der Waals surface area contributed by atoms with Gasteiger partial charge >= 0.3 is 0 Å². The molecule has 1 atom stereocenters. The van der Waals surface area contributed by atoms with Crippen molar-refractivity contribution in [2.45, 2.75) is 59.0 Å². The third kappa shape index (κ3) is 4.07. The summed E-state index contributed by atoms with van der Waals surface area (Å²) in [6, 6.07) is 0.650. The van der Waals surface area contributed by atoms with E-state index in [1.165, 1.54) is 32.4 Å². The molecule has 1 aliphatic heterocycles. The Morgan fingerprint density at radius 2 is 1.95 bits per heavy atom. The lowest BCUT2D eigenvalue weighted by Gasteiger charge is -2.34. The Morgan fingerprint density at radius 1 is 1.18 bits per heavy atom. The van der Waals surface area contributed by atoms with Gasteiger partial charge in [-0.2, -0.15) is 0 Å². The molecule has 2 heterocycles. The van der Waals surface area contributed by atoms with E-state index in [2.05, 4.69) is 33.8 Å². The van der Waals surface area contributed by atoms with Gasteiger partial charge in [-0.15, -0.1) is 10.2 Å². The lowest BCUT2D eigenvalue weighted by Crippen LogP contribution is -2.45. The predicted octanol–water partition coefficient (Wildman–Crippen LogP) is 2.57. The van der Waals surface area contributed by atoms with Crippen LogP contribution >= 0.6 is 0 Å². The smallest absolute Gasteiger partial charge is 0.230 e. The first-order valence-electron chi connectivity index (χ1n) is 8.93. The van der Waals surface area contributed by atoms with Crippen molar-refractivity contribution in [2.75, 3.05) is 26.2 Å². The maximum atomic E-state index is 5.70. The minimum absolute atomic E-state index is 0.650. The zero-order chi connectivity index (χ0) is 15.5. The van der Waals surface area contributed by atoms with Crippen LogP contribution in [0.15, 0.2) is 4.42 Å². The van der Waals surface area contributed by atoms with Gasteiger partial charge in [0.1, 0.15) is 0 Å². The van der Waals surface area contributed by atoms with Crippen LogP contribution < -0.4 is 0 Å². The first-order valence-corrected chi connectivity index (χ1v) is 8.93. The van der Waals surface area contributed by atoms with Crippen LogP contribution in [-0.4, -0.2) is 52.2 Å². The highest BCUT2D eigenvalue weighted by Crippen LogP contribution is 2.32. The van der Waals surface area contributed by atoms with E-state index in [0.29, 0.717) is 12.0 Å². The Hall–Kier alpha value is -0.940. The van der Waals surface area contributed by atoms with Gasteiger partial charge in [0.05, 0.1) is 6.54 Å². The van der Waals surface area contributed by atoms with Crippen molar-refractivity contribution in [3.63, 3.8) is 0 Å². The van der Waals surface area contributed by atoms with Gasteiger partial charge in [0, 0.05) is 25.6 Å². The third-order valence-corrected chi connectivity index (χ3v) is 4.96. The molecule has 2 fully saturated rings. The summed E-state index contributed by atoms with van der Waals surface area (Å²) in [7, 11) is 0. The van der Waals surface area contributed by atoms with Gasteiger partial charge < -0.3 is 4.42 Å². The molecule has 1 saturated heterocycles. The van der Waals surface area contributed by atoms with Crippen molar-refractivity contribution in [3.8, 4) is 0 Å². The Balaban J connectivity index is 1.62. The molecule has 2 aliphatic rings. The molecule has 1 aromatic heterocycles.